The van der Waals surface area contributed by atoms with Crippen molar-refractivity contribution in [1.29, 1.82) is 0 Å². The Balaban J connectivity index is 1.60. The number of alkyl halides is 3. The van der Waals surface area contributed by atoms with Crippen molar-refractivity contribution >= 4 is 28.5 Å². The molecule has 0 saturated heterocycles. The van der Waals surface area contributed by atoms with E-state index in [9.17, 15) is 22.8 Å². The van der Waals surface area contributed by atoms with Crippen LogP contribution in [0, 0.1) is 13.8 Å². The van der Waals surface area contributed by atoms with E-state index in [1.54, 1.807) is 25.1 Å². The summed E-state index contributed by atoms with van der Waals surface area (Å²) in [4.78, 5) is 40.6. The lowest BCUT2D eigenvalue weighted by molar-refractivity contribution is -0.141. The minimum atomic E-state index is -4.56. The number of fused-ring (bicyclic) bond motifs is 1. The molecule has 3 aromatic heterocycles. The Kier molecular flexibility index (Phi) is 6.16. The lowest BCUT2D eigenvalue weighted by Gasteiger charge is -2.12. The van der Waals surface area contributed by atoms with E-state index < -0.39 is 23.7 Å². The summed E-state index contributed by atoms with van der Waals surface area (Å²) in [5.41, 5.74) is 1.96. The fourth-order valence-corrected chi connectivity index (χ4v) is 3.43. The fourth-order valence-electron chi connectivity index (χ4n) is 3.43. The number of carbonyl (C=O) groups excluding carboxylic acids is 2. The second-order valence-corrected chi connectivity index (χ2v) is 7.74. The minimum Gasteiger partial charge on any atom is -0.354 e. The molecule has 0 bridgehead atoms. The summed E-state index contributed by atoms with van der Waals surface area (Å²) in [6.45, 7) is 3.32. The molecule has 0 unspecified atom stereocenters. The van der Waals surface area contributed by atoms with Gasteiger partial charge in [0, 0.05) is 30.1 Å². The highest BCUT2D eigenvalue weighted by atomic mass is 19.4. The minimum absolute atomic E-state index is 0.0511. The molecular formula is C24H19F3N6O2. The normalized spacial score (nSPS) is 11.4. The van der Waals surface area contributed by atoms with Gasteiger partial charge in [-0.05, 0) is 61.4 Å². The van der Waals surface area contributed by atoms with Crippen molar-refractivity contribution in [3.8, 4) is 11.4 Å². The Hall–Kier alpha value is -4.41. The van der Waals surface area contributed by atoms with Gasteiger partial charge in [0.1, 0.15) is 16.9 Å². The first-order valence-electron chi connectivity index (χ1n) is 10.4. The van der Waals surface area contributed by atoms with E-state index in [2.05, 4.69) is 30.6 Å². The summed E-state index contributed by atoms with van der Waals surface area (Å²) in [7, 11) is 1.47. The average Bonchev–Trinajstić information content (AvgIpc) is 2.84. The highest BCUT2D eigenvalue weighted by Crippen LogP contribution is 2.31. The molecule has 11 heteroatoms. The van der Waals surface area contributed by atoms with Crippen LogP contribution in [0.25, 0.3) is 22.4 Å². The Morgan fingerprint density at radius 3 is 2.37 bits per heavy atom. The molecule has 2 amide bonds. The number of carbonyl (C=O) groups is 2. The van der Waals surface area contributed by atoms with Crippen LogP contribution in [0.4, 0.5) is 18.9 Å². The van der Waals surface area contributed by atoms with Crippen LogP contribution in [0.1, 0.15) is 37.7 Å². The van der Waals surface area contributed by atoms with Crippen LogP contribution in [0.15, 0.2) is 48.8 Å². The number of rotatable bonds is 4. The standard InChI is InChI=1S/C24H19F3N6O2/c1-12-8-14(21-30-11-18-20(33-21)13(2)9-19(31-18)24(25,26)27)4-5-16(12)32-22(34)15-6-7-29-17(10-15)23(35)28-3/h4-11H,1-3H3,(H,28,35)(H,32,34). The van der Waals surface area contributed by atoms with Crippen LogP contribution in [0.2, 0.25) is 0 Å². The van der Waals surface area contributed by atoms with E-state index in [0.29, 0.717) is 33.7 Å². The van der Waals surface area contributed by atoms with Crippen LogP contribution in [0.5, 0.6) is 0 Å². The van der Waals surface area contributed by atoms with E-state index >= 15 is 0 Å². The highest BCUT2D eigenvalue weighted by Gasteiger charge is 2.33. The Labute approximate surface area is 197 Å². The number of pyridine rings is 2. The fraction of sp³-hybridized carbons (Fsp3) is 0.167. The summed E-state index contributed by atoms with van der Waals surface area (Å²) >= 11 is 0. The zero-order valence-corrected chi connectivity index (χ0v) is 18.9. The van der Waals surface area contributed by atoms with Gasteiger partial charge in [-0.3, -0.25) is 14.6 Å². The predicted molar refractivity (Wildman–Crippen MR) is 123 cm³/mol. The first kappa shape index (κ1) is 23.7. The summed E-state index contributed by atoms with van der Waals surface area (Å²) in [6.07, 6.45) is -1.92. The Bertz CT molecular complexity index is 1470. The molecule has 35 heavy (non-hydrogen) atoms. The molecule has 0 fully saturated rings. The van der Waals surface area contributed by atoms with E-state index in [4.69, 9.17) is 0 Å². The highest BCUT2D eigenvalue weighted by molar-refractivity contribution is 6.06. The zero-order valence-electron chi connectivity index (χ0n) is 18.9. The molecule has 178 valence electrons. The van der Waals surface area contributed by atoms with Gasteiger partial charge in [-0.25, -0.2) is 15.0 Å². The molecule has 0 spiro atoms. The molecule has 0 aliphatic rings. The number of aryl methyl sites for hydroxylation is 2. The van der Waals surface area contributed by atoms with Crippen molar-refractivity contribution in [1.82, 2.24) is 25.3 Å². The van der Waals surface area contributed by atoms with Crippen molar-refractivity contribution < 1.29 is 22.8 Å². The molecule has 2 N–H and O–H groups in total. The van der Waals surface area contributed by atoms with Gasteiger partial charge in [0.25, 0.3) is 11.8 Å². The van der Waals surface area contributed by atoms with Crippen molar-refractivity contribution in [2.75, 3.05) is 12.4 Å². The summed E-state index contributed by atoms with van der Waals surface area (Å²) in [5, 5.41) is 5.25. The average molecular weight is 480 g/mol. The number of aromatic nitrogens is 4. The summed E-state index contributed by atoms with van der Waals surface area (Å²) in [5.74, 6) is -0.513. The molecule has 0 saturated carbocycles. The maximum absolute atomic E-state index is 13.0. The topological polar surface area (TPSA) is 110 Å². The van der Waals surface area contributed by atoms with Crippen LogP contribution < -0.4 is 10.6 Å². The van der Waals surface area contributed by atoms with Gasteiger partial charge in [0.15, 0.2) is 5.82 Å². The van der Waals surface area contributed by atoms with E-state index in [1.165, 1.54) is 38.5 Å². The number of benzene rings is 1. The number of hydrogen-bond acceptors (Lipinski definition) is 6. The first-order chi connectivity index (χ1) is 16.6. The molecular weight excluding hydrogens is 461 g/mol. The second-order valence-electron chi connectivity index (χ2n) is 7.74. The van der Waals surface area contributed by atoms with Gasteiger partial charge in [0.05, 0.1) is 11.7 Å². The molecule has 0 aliphatic heterocycles. The molecule has 3 heterocycles. The third-order valence-electron chi connectivity index (χ3n) is 5.24. The second kappa shape index (κ2) is 9.09. The SMILES string of the molecule is CNC(=O)c1cc(C(=O)Nc2ccc(-c3ncc4nc(C(F)(F)F)cc(C)c4n3)cc2C)ccn1. The van der Waals surface area contributed by atoms with Crippen molar-refractivity contribution in [3.63, 3.8) is 0 Å². The maximum atomic E-state index is 13.0. The van der Waals surface area contributed by atoms with Crippen LogP contribution in [-0.4, -0.2) is 38.8 Å². The molecule has 0 atom stereocenters. The van der Waals surface area contributed by atoms with Gasteiger partial charge >= 0.3 is 6.18 Å². The Morgan fingerprint density at radius 2 is 1.69 bits per heavy atom. The largest absolute Gasteiger partial charge is 0.433 e. The van der Waals surface area contributed by atoms with Crippen molar-refractivity contribution in [2.24, 2.45) is 0 Å². The number of anilines is 1. The van der Waals surface area contributed by atoms with E-state index in [0.717, 1.165) is 6.07 Å². The maximum Gasteiger partial charge on any atom is 0.433 e. The summed E-state index contributed by atoms with van der Waals surface area (Å²) in [6, 6.07) is 8.97. The molecule has 1 aromatic carbocycles. The number of halogens is 3. The lowest BCUT2D eigenvalue weighted by Crippen LogP contribution is -2.20. The number of amides is 2. The number of nitrogens with zero attached hydrogens (tertiary/aromatic N) is 4. The molecule has 0 radical (unpaired) electrons. The Morgan fingerprint density at radius 1 is 0.914 bits per heavy atom. The van der Waals surface area contributed by atoms with Gasteiger partial charge < -0.3 is 10.6 Å². The predicted octanol–water partition coefficient (Wildman–Crippen LogP) is 4.33. The van der Waals surface area contributed by atoms with Gasteiger partial charge in [-0.15, -0.1) is 0 Å². The number of hydrogen-bond donors (Lipinski definition) is 2. The molecule has 0 aliphatic carbocycles. The van der Waals surface area contributed by atoms with Crippen LogP contribution >= 0.6 is 0 Å². The monoisotopic (exact) mass is 480 g/mol. The quantitative estimate of drug-likeness (QED) is 0.450. The van der Waals surface area contributed by atoms with Crippen molar-refractivity contribution in [2.45, 2.75) is 20.0 Å². The number of nitrogens with one attached hydrogen (secondary N) is 2. The van der Waals surface area contributed by atoms with Crippen LogP contribution in [0.3, 0.4) is 0 Å². The smallest absolute Gasteiger partial charge is 0.354 e. The molecule has 4 aromatic rings. The van der Waals surface area contributed by atoms with Gasteiger partial charge in [-0.1, -0.05) is 0 Å². The van der Waals surface area contributed by atoms with E-state index in [-0.39, 0.29) is 16.8 Å². The third-order valence-corrected chi connectivity index (χ3v) is 5.24. The third kappa shape index (κ3) is 4.93. The lowest BCUT2D eigenvalue weighted by atomic mass is 10.1. The van der Waals surface area contributed by atoms with Gasteiger partial charge in [-0.2, -0.15) is 13.2 Å². The van der Waals surface area contributed by atoms with Crippen LogP contribution in [-0.2, 0) is 6.18 Å². The molecule has 8 nitrogen and oxygen atoms in total. The molecule has 4 rings (SSSR count). The van der Waals surface area contributed by atoms with Gasteiger partial charge in [0.2, 0.25) is 0 Å². The van der Waals surface area contributed by atoms with Crippen molar-refractivity contribution in [3.05, 3.63) is 76.9 Å². The van der Waals surface area contributed by atoms with E-state index in [1.807, 2.05) is 0 Å². The summed E-state index contributed by atoms with van der Waals surface area (Å²) < 4.78 is 39.1. The zero-order chi connectivity index (χ0) is 25.3. The first-order valence-corrected chi connectivity index (χ1v) is 10.4.